The molecule has 0 amide bonds. The number of rotatable bonds is 13. The van der Waals surface area contributed by atoms with Gasteiger partial charge in [0, 0.05) is 0 Å². The first kappa shape index (κ1) is 28.4. The van der Waals surface area contributed by atoms with Crippen molar-refractivity contribution in [2.75, 3.05) is 0 Å². The molecule has 0 N–H and O–H groups in total. The zero-order chi connectivity index (χ0) is 25.9. The number of unbranched alkanes of at least 4 members (excludes halogenated alkanes) is 6. The quantitative estimate of drug-likeness (QED) is 0.240. The first-order chi connectivity index (χ1) is 18.2. The van der Waals surface area contributed by atoms with E-state index >= 15 is 0 Å². The summed E-state index contributed by atoms with van der Waals surface area (Å²) in [5.41, 5.74) is 7.47. The molecule has 37 heavy (non-hydrogen) atoms. The molecule has 4 rings (SSSR count). The van der Waals surface area contributed by atoms with E-state index in [1.807, 2.05) is 0 Å². The van der Waals surface area contributed by atoms with Crippen LogP contribution in [0.5, 0.6) is 0 Å². The maximum absolute atomic E-state index is 2.46. The number of benzene rings is 2. The third-order valence-corrected chi connectivity index (χ3v) is 10.0. The van der Waals surface area contributed by atoms with Crippen molar-refractivity contribution in [3.8, 4) is 11.1 Å². The Bertz CT molecular complexity index is 890. The van der Waals surface area contributed by atoms with Gasteiger partial charge in [-0.3, -0.25) is 0 Å². The molecule has 0 unspecified atom stereocenters. The summed E-state index contributed by atoms with van der Waals surface area (Å²) in [6.07, 6.45) is 25.7. The van der Waals surface area contributed by atoms with Gasteiger partial charge in [0.25, 0.3) is 0 Å². The van der Waals surface area contributed by atoms with Crippen LogP contribution in [0, 0.1) is 18.8 Å². The third kappa shape index (κ3) is 8.46. The molecule has 0 heteroatoms. The monoisotopic (exact) mass is 500 g/mol. The molecule has 0 spiro atoms. The number of aryl methyl sites for hydroxylation is 1. The molecule has 204 valence electrons. The highest BCUT2D eigenvalue weighted by Gasteiger charge is 2.24. The van der Waals surface area contributed by atoms with Crippen LogP contribution in [0.25, 0.3) is 11.1 Å². The molecule has 2 saturated carbocycles. The van der Waals surface area contributed by atoms with E-state index < -0.39 is 0 Å². The normalized spacial score (nSPS) is 24.3. The lowest BCUT2D eigenvalue weighted by Gasteiger charge is -2.30. The smallest absolute Gasteiger partial charge is 0.0159 e. The van der Waals surface area contributed by atoms with E-state index in [1.165, 1.54) is 132 Å². The zero-order valence-corrected chi connectivity index (χ0v) is 24.6. The molecule has 2 fully saturated rings. The molecular formula is C37H56. The van der Waals surface area contributed by atoms with Crippen LogP contribution in [-0.2, 0) is 0 Å². The van der Waals surface area contributed by atoms with Gasteiger partial charge < -0.3 is 0 Å². The molecule has 0 aliphatic heterocycles. The molecule has 2 aromatic rings. The van der Waals surface area contributed by atoms with Gasteiger partial charge in [0.1, 0.15) is 0 Å². The Kier molecular flexibility index (Phi) is 11.6. The lowest BCUT2D eigenvalue weighted by atomic mass is 9.76. The fraction of sp³-hybridized carbons (Fsp3) is 0.676. The average molecular weight is 501 g/mol. The molecular weight excluding hydrogens is 444 g/mol. The van der Waals surface area contributed by atoms with Gasteiger partial charge in [-0.05, 0) is 110 Å². The second-order valence-corrected chi connectivity index (χ2v) is 12.8. The van der Waals surface area contributed by atoms with Gasteiger partial charge in [-0.1, -0.05) is 121 Å². The molecule has 2 aliphatic carbocycles. The molecule has 0 atom stereocenters. The van der Waals surface area contributed by atoms with Gasteiger partial charge in [-0.15, -0.1) is 0 Å². The molecule has 0 saturated heterocycles. The molecule has 2 aliphatic rings. The van der Waals surface area contributed by atoms with Gasteiger partial charge >= 0.3 is 0 Å². The Hall–Kier alpha value is -1.56. The van der Waals surface area contributed by atoms with E-state index in [2.05, 4.69) is 63.2 Å². The summed E-state index contributed by atoms with van der Waals surface area (Å²) >= 11 is 0. The summed E-state index contributed by atoms with van der Waals surface area (Å²) in [6, 6.07) is 17.0. The summed E-state index contributed by atoms with van der Waals surface area (Å²) in [5.74, 6) is 3.55. The van der Waals surface area contributed by atoms with Crippen LogP contribution < -0.4 is 0 Å². The zero-order valence-electron chi connectivity index (χ0n) is 24.6. The van der Waals surface area contributed by atoms with Crippen molar-refractivity contribution in [1.82, 2.24) is 0 Å². The van der Waals surface area contributed by atoms with Crippen LogP contribution in [0.4, 0.5) is 0 Å². The number of hydrogen-bond acceptors (Lipinski definition) is 0. The Labute approximate surface area is 230 Å². The second kappa shape index (κ2) is 15.1. The molecule has 0 radical (unpaired) electrons. The summed E-state index contributed by atoms with van der Waals surface area (Å²) < 4.78 is 0. The van der Waals surface area contributed by atoms with Crippen LogP contribution in [-0.4, -0.2) is 0 Å². The largest absolute Gasteiger partial charge is 0.0654 e. The van der Waals surface area contributed by atoms with Gasteiger partial charge in [0.2, 0.25) is 0 Å². The Morgan fingerprint density at radius 2 is 1.11 bits per heavy atom. The molecule has 0 heterocycles. The topological polar surface area (TPSA) is 0 Å². The Balaban J connectivity index is 1.22. The van der Waals surface area contributed by atoms with Crippen LogP contribution in [0.2, 0.25) is 0 Å². The van der Waals surface area contributed by atoms with Gasteiger partial charge in [0.15, 0.2) is 0 Å². The number of hydrogen-bond donors (Lipinski definition) is 0. The highest BCUT2D eigenvalue weighted by molar-refractivity contribution is 5.65. The lowest BCUT2D eigenvalue weighted by Crippen LogP contribution is -2.14. The average Bonchev–Trinajstić information content (AvgIpc) is 2.94. The first-order valence-corrected chi connectivity index (χ1v) is 16.4. The van der Waals surface area contributed by atoms with Crippen molar-refractivity contribution in [1.29, 1.82) is 0 Å². The van der Waals surface area contributed by atoms with E-state index in [1.54, 1.807) is 11.1 Å². The van der Waals surface area contributed by atoms with Crippen molar-refractivity contribution >= 4 is 0 Å². The fourth-order valence-electron chi connectivity index (χ4n) is 7.61. The van der Waals surface area contributed by atoms with E-state index in [9.17, 15) is 0 Å². The summed E-state index contributed by atoms with van der Waals surface area (Å²) in [7, 11) is 0. The highest BCUT2D eigenvalue weighted by Crippen LogP contribution is 2.40. The standard InChI is InChI=1S/C37H56/c1-4-6-7-8-9-10-11-13-31-14-18-32(19-15-31)33-22-24-34(25-23-33)36-26-27-37(29(3)28-36)35-20-16-30(12-5-2)17-21-35/h22-28,30-32,35H,4-21H2,1-3H3. The van der Waals surface area contributed by atoms with Crippen LogP contribution in [0.3, 0.4) is 0 Å². The minimum atomic E-state index is 0.783. The van der Waals surface area contributed by atoms with Gasteiger partial charge in [-0.2, -0.15) is 0 Å². The van der Waals surface area contributed by atoms with E-state index in [0.29, 0.717) is 0 Å². The Morgan fingerprint density at radius 1 is 0.541 bits per heavy atom. The minimum Gasteiger partial charge on any atom is -0.0654 e. The van der Waals surface area contributed by atoms with Crippen molar-refractivity contribution in [2.45, 2.75) is 148 Å². The predicted molar refractivity (Wildman–Crippen MR) is 164 cm³/mol. The van der Waals surface area contributed by atoms with Crippen LogP contribution in [0.1, 0.15) is 158 Å². The van der Waals surface area contributed by atoms with Crippen molar-refractivity contribution in [3.05, 3.63) is 59.2 Å². The van der Waals surface area contributed by atoms with Crippen molar-refractivity contribution in [3.63, 3.8) is 0 Å². The second-order valence-electron chi connectivity index (χ2n) is 12.8. The van der Waals surface area contributed by atoms with Crippen molar-refractivity contribution < 1.29 is 0 Å². The molecule has 0 nitrogen and oxygen atoms in total. The molecule has 0 bridgehead atoms. The van der Waals surface area contributed by atoms with Crippen molar-refractivity contribution in [2.24, 2.45) is 11.8 Å². The maximum Gasteiger partial charge on any atom is -0.0159 e. The molecule has 0 aromatic heterocycles. The molecule has 2 aromatic carbocycles. The predicted octanol–water partition coefficient (Wildman–Crippen LogP) is 12.2. The van der Waals surface area contributed by atoms with E-state index in [0.717, 1.165) is 23.7 Å². The maximum atomic E-state index is 2.46. The fourth-order valence-corrected chi connectivity index (χ4v) is 7.61. The first-order valence-electron chi connectivity index (χ1n) is 16.4. The van der Waals surface area contributed by atoms with Gasteiger partial charge in [0.05, 0.1) is 0 Å². The Morgan fingerprint density at radius 3 is 1.73 bits per heavy atom. The summed E-state index contributed by atoms with van der Waals surface area (Å²) in [4.78, 5) is 0. The highest BCUT2D eigenvalue weighted by atomic mass is 14.3. The summed E-state index contributed by atoms with van der Waals surface area (Å²) in [5, 5.41) is 0. The third-order valence-electron chi connectivity index (χ3n) is 10.0. The van der Waals surface area contributed by atoms with Crippen LogP contribution in [0.15, 0.2) is 42.5 Å². The SMILES string of the molecule is CCCCCCCCCC1CCC(c2ccc(-c3ccc(C4CCC(CCC)CC4)c(C)c3)cc2)CC1. The lowest BCUT2D eigenvalue weighted by molar-refractivity contribution is 0.302. The minimum absolute atomic E-state index is 0.783. The summed E-state index contributed by atoms with van der Waals surface area (Å²) in [6.45, 7) is 6.99. The van der Waals surface area contributed by atoms with E-state index in [-0.39, 0.29) is 0 Å². The van der Waals surface area contributed by atoms with Crippen LogP contribution >= 0.6 is 0 Å². The van der Waals surface area contributed by atoms with E-state index in [4.69, 9.17) is 0 Å². The van der Waals surface area contributed by atoms with Gasteiger partial charge in [-0.25, -0.2) is 0 Å².